The molecule has 0 saturated carbocycles. The number of hydrogen-bond acceptors (Lipinski definition) is 12. The van der Waals surface area contributed by atoms with Gasteiger partial charge in [0.1, 0.15) is 25.1 Å². The summed E-state index contributed by atoms with van der Waals surface area (Å²) >= 11 is -0.905. The first-order valence-corrected chi connectivity index (χ1v) is 20.7. The fourth-order valence-corrected chi connectivity index (χ4v) is 8.98. The average Bonchev–Trinajstić information content (AvgIpc) is 3.72. The molecule has 0 radical (unpaired) electrons. The number of aromatic nitrogens is 1. The van der Waals surface area contributed by atoms with E-state index in [9.17, 15) is 33.6 Å². The van der Waals surface area contributed by atoms with Crippen LogP contribution >= 0.6 is 11.3 Å². The van der Waals surface area contributed by atoms with Gasteiger partial charge < -0.3 is 29.2 Å². The SMILES string of the molecule is O=C(CC=C(C(=O)N[C@@H]1C(=O)N2C(C(=O)OC(c3ccccc3)c3ccccc3)C(O)C[S+]([O-])[C@@H]12)c1csc(NC(=O)OCc2ccccc2)n1)OCc1ccccc1. The number of nitrogens with one attached hydrogen (secondary N) is 2. The van der Waals surface area contributed by atoms with Crippen molar-refractivity contribution < 1.29 is 47.8 Å². The Morgan fingerprint density at radius 1 is 0.864 bits per heavy atom. The van der Waals surface area contributed by atoms with Crippen molar-refractivity contribution in [2.45, 2.75) is 49.3 Å². The van der Waals surface area contributed by atoms with Gasteiger partial charge in [-0.25, -0.2) is 14.6 Å². The predicted molar refractivity (Wildman–Crippen MR) is 217 cm³/mol. The standard InChI is InChI=1S/C43H38N4O10S2/c48-33-26-59(54)40-35(39(51)47(40)36(33)41(52)57-37(29-17-9-3-10-18-29)30-19-11-4-12-20-30)45-38(50)31(21-22-34(49)55-23-27-13-5-1-6-14-27)32-25-58-42(44-32)46-43(53)56-24-28-15-7-2-8-16-28/h1-21,25,33,35-37,40,48H,22-24,26H2,(H,45,50)(H,44,46,53)/t33?,35-,36?,40+,59?/m1/s1. The van der Waals surface area contributed by atoms with Gasteiger partial charge in [0.2, 0.25) is 5.37 Å². The first-order valence-electron chi connectivity index (χ1n) is 18.5. The molecule has 4 aromatic carbocycles. The molecule has 302 valence electrons. The second-order valence-corrected chi connectivity index (χ2v) is 15.9. The van der Waals surface area contributed by atoms with Gasteiger partial charge in [0.15, 0.2) is 23.3 Å². The van der Waals surface area contributed by atoms with E-state index in [2.05, 4.69) is 15.6 Å². The molecule has 2 aliphatic rings. The van der Waals surface area contributed by atoms with Crippen LogP contribution in [0.4, 0.5) is 9.93 Å². The summed E-state index contributed by atoms with van der Waals surface area (Å²) in [7, 11) is 0. The number of rotatable bonds is 14. The van der Waals surface area contributed by atoms with E-state index in [1.165, 1.54) is 11.5 Å². The first kappa shape index (κ1) is 40.9. The zero-order chi connectivity index (χ0) is 41.3. The van der Waals surface area contributed by atoms with E-state index < -0.39 is 70.7 Å². The predicted octanol–water partition coefficient (Wildman–Crippen LogP) is 4.89. The summed E-state index contributed by atoms with van der Waals surface area (Å²) in [5.74, 6) is -3.54. The third-order valence-electron chi connectivity index (χ3n) is 9.48. The molecule has 5 aromatic rings. The van der Waals surface area contributed by atoms with Crippen molar-refractivity contribution in [3.63, 3.8) is 0 Å². The van der Waals surface area contributed by atoms with Gasteiger partial charge in [-0.05, 0) is 33.4 Å². The normalized spacial score (nSPS) is 19.8. The smallest absolute Gasteiger partial charge is 0.413 e. The molecule has 7 rings (SSSR count). The Morgan fingerprint density at radius 3 is 2.02 bits per heavy atom. The molecule has 3 amide bonds. The lowest BCUT2D eigenvalue weighted by Crippen LogP contribution is -2.80. The van der Waals surface area contributed by atoms with Gasteiger partial charge in [-0.15, -0.1) is 11.3 Å². The lowest BCUT2D eigenvalue weighted by atomic mass is 9.98. The number of hydrogen-bond donors (Lipinski definition) is 3. The Morgan fingerprint density at radius 2 is 1.42 bits per heavy atom. The van der Waals surface area contributed by atoms with Gasteiger partial charge in [0, 0.05) is 5.38 Å². The molecular weight excluding hydrogens is 797 g/mol. The van der Waals surface area contributed by atoms with Crippen molar-refractivity contribution in [1.29, 1.82) is 0 Å². The maximum Gasteiger partial charge on any atom is 0.413 e. The van der Waals surface area contributed by atoms with Crippen molar-refractivity contribution in [2.24, 2.45) is 0 Å². The zero-order valence-electron chi connectivity index (χ0n) is 31.2. The van der Waals surface area contributed by atoms with Crippen molar-refractivity contribution >= 4 is 63.1 Å². The lowest BCUT2D eigenvalue weighted by Gasteiger charge is -2.52. The topological polar surface area (TPSA) is 197 Å². The molecule has 1 aromatic heterocycles. The summed E-state index contributed by atoms with van der Waals surface area (Å²) in [4.78, 5) is 72.4. The van der Waals surface area contributed by atoms with E-state index in [1.54, 1.807) is 84.9 Å². The van der Waals surface area contributed by atoms with Crippen LogP contribution < -0.4 is 10.6 Å². The molecule has 16 heteroatoms. The van der Waals surface area contributed by atoms with Crippen molar-refractivity contribution in [1.82, 2.24) is 15.2 Å². The van der Waals surface area contributed by atoms with Crippen LogP contribution in [0.1, 0.15) is 40.5 Å². The largest absolute Gasteiger partial charge is 0.615 e. The van der Waals surface area contributed by atoms with Crippen molar-refractivity contribution in [3.8, 4) is 0 Å². The van der Waals surface area contributed by atoms with Gasteiger partial charge in [-0.2, -0.15) is 0 Å². The molecular formula is C43H38N4O10S2. The minimum Gasteiger partial charge on any atom is -0.615 e. The monoisotopic (exact) mass is 834 g/mol. The van der Waals surface area contributed by atoms with Crippen LogP contribution in [0, 0.1) is 0 Å². The van der Waals surface area contributed by atoms with E-state index in [4.69, 9.17) is 14.2 Å². The highest BCUT2D eigenvalue weighted by Crippen LogP contribution is 2.37. The van der Waals surface area contributed by atoms with Crippen LogP contribution in [0.15, 0.2) is 133 Å². The highest BCUT2D eigenvalue weighted by molar-refractivity contribution is 7.92. The number of carbonyl (C=O) groups is 5. The lowest BCUT2D eigenvalue weighted by molar-refractivity contribution is -0.174. The molecule has 14 nitrogen and oxygen atoms in total. The summed E-state index contributed by atoms with van der Waals surface area (Å²) in [6.45, 7) is 0.00643. The number of esters is 2. The van der Waals surface area contributed by atoms with E-state index in [0.29, 0.717) is 11.1 Å². The Kier molecular flexibility index (Phi) is 13.1. The summed E-state index contributed by atoms with van der Waals surface area (Å²) in [5, 5.41) is 16.5. The number of fused-ring (bicyclic) bond motifs is 1. The molecule has 0 spiro atoms. The number of nitrogens with zero attached hydrogens (tertiary/aromatic N) is 2. The van der Waals surface area contributed by atoms with Crippen LogP contribution in [-0.2, 0) is 57.8 Å². The molecule has 3 unspecified atom stereocenters. The number of benzene rings is 4. The highest BCUT2D eigenvalue weighted by atomic mass is 32.2. The molecule has 3 N–H and O–H groups in total. The van der Waals surface area contributed by atoms with Crippen LogP contribution in [-0.4, -0.2) is 78.7 Å². The molecule has 3 heterocycles. The molecule has 2 fully saturated rings. The number of β-lactam (4-membered cyclic amide) rings is 1. The second-order valence-electron chi connectivity index (χ2n) is 13.5. The second kappa shape index (κ2) is 18.9. The third-order valence-corrected chi connectivity index (χ3v) is 11.9. The molecule has 0 bridgehead atoms. The fraction of sp³-hybridized carbons (Fsp3) is 0.209. The Hall–Kier alpha value is -6.33. The minimum absolute atomic E-state index is 0.00228. The number of aliphatic hydroxyl groups is 1. The minimum atomic E-state index is -1.89. The van der Waals surface area contributed by atoms with Gasteiger partial charge in [0.05, 0.1) is 17.7 Å². The van der Waals surface area contributed by atoms with Gasteiger partial charge >= 0.3 is 18.0 Å². The van der Waals surface area contributed by atoms with Gasteiger partial charge in [-0.1, -0.05) is 127 Å². The number of carbonyl (C=O) groups excluding carboxylic acids is 5. The molecule has 59 heavy (non-hydrogen) atoms. The number of aliphatic hydroxyl groups excluding tert-OH is 1. The van der Waals surface area contributed by atoms with Crippen molar-refractivity contribution in [2.75, 3.05) is 11.1 Å². The number of ether oxygens (including phenoxy) is 3. The molecule has 5 atom stereocenters. The van der Waals surface area contributed by atoms with E-state index in [0.717, 1.165) is 27.4 Å². The van der Waals surface area contributed by atoms with E-state index in [-0.39, 0.29) is 41.8 Å². The summed E-state index contributed by atoms with van der Waals surface area (Å²) in [6.07, 6.45) is -2.25. The molecule has 2 saturated heterocycles. The molecule has 0 aliphatic carbocycles. The summed E-state index contributed by atoms with van der Waals surface area (Å²) in [5.41, 5.74) is 2.76. The van der Waals surface area contributed by atoms with E-state index in [1.807, 2.05) is 36.4 Å². The Bertz CT molecular complexity index is 2260. The van der Waals surface area contributed by atoms with Gasteiger partial charge in [0.25, 0.3) is 11.8 Å². The number of thiazole rings is 1. The van der Waals surface area contributed by atoms with Gasteiger partial charge in [-0.3, -0.25) is 24.6 Å². The van der Waals surface area contributed by atoms with Crippen molar-refractivity contribution in [3.05, 3.63) is 161 Å². The maximum absolute atomic E-state index is 14.0. The van der Waals surface area contributed by atoms with Crippen LogP contribution in [0.5, 0.6) is 0 Å². The van der Waals surface area contributed by atoms with Crippen LogP contribution in [0.3, 0.4) is 0 Å². The quantitative estimate of drug-likeness (QED) is 0.0453. The Labute approximate surface area is 346 Å². The first-order chi connectivity index (χ1) is 28.7. The fourth-order valence-electron chi connectivity index (χ4n) is 6.59. The maximum atomic E-state index is 14.0. The summed E-state index contributed by atoms with van der Waals surface area (Å²) in [6, 6.07) is 33.1. The van der Waals surface area contributed by atoms with Crippen LogP contribution in [0.2, 0.25) is 0 Å². The summed E-state index contributed by atoms with van der Waals surface area (Å²) < 4.78 is 30.1. The third kappa shape index (κ3) is 9.87. The number of anilines is 1. The average molecular weight is 835 g/mol. The number of amides is 3. The zero-order valence-corrected chi connectivity index (χ0v) is 32.9. The van der Waals surface area contributed by atoms with Crippen LogP contribution in [0.25, 0.3) is 5.57 Å². The molecule has 2 aliphatic heterocycles. The highest BCUT2D eigenvalue weighted by Gasteiger charge is 2.64. The van der Waals surface area contributed by atoms with E-state index >= 15 is 0 Å². The Balaban J connectivity index is 1.07.